The van der Waals surface area contributed by atoms with E-state index < -0.39 is 0 Å². The van der Waals surface area contributed by atoms with E-state index in [1.165, 1.54) is 22.9 Å². The molecule has 9 heavy (non-hydrogen) atoms. The molecule has 1 aliphatic heterocycles. The van der Waals surface area contributed by atoms with Crippen molar-refractivity contribution in [3.63, 3.8) is 0 Å². The van der Waals surface area contributed by atoms with Crippen molar-refractivity contribution in [1.82, 2.24) is 0 Å². The van der Waals surface area contributed by atoms with E-state index in [0.717, 1.165) is 5.75 Å². The van der Waals surface area contributed by atoms with Gasteiger partial charge in [0.25, 0.3) is 0 Å². The zero-order valence-electron chi connectivity index (χ0n) is 5.73. The Bertz CT molecular complexity index is 170. The normalized spacial score (nSPS) is 20.9. The molecule has 0 unspecified atom stereocenters. The Hall–Kier alpha value is -0.240. The van der Waals surface area contributed by atoms with Crippen molar-refractivity contribution in [1.29, 1.82) is 0 Å². The maximum Gasteiger partial charge on any atom is 0.193 e. The molecule has 0 aromatic rings. The molecule has 0 saturated carbocycles. The molecule has 1 heterocycles. The molecule has 0 aromatic heterocycles. The van der Waals surface area contributed by atoms with E-state index in [2.05, 4.69) is 6.92 Å². The van der Waals surface area contributed by atoms with Crippen molar-refractivity contribution in [2.75, 3.05) is 5.75 Å². The summed E-state index contributed by atoms with van der Waals surface area (Å²) < 4.78 is 0. The molecule has 0 aliphatic carbocycles. The molecule has 0 saturated heterocycles. The van der Waals surface area contributed by atoms with E-state index in [4.69, 9.17) is 0 Å². The van der Waals surface area contributed by atoms with E-state index >= 15 is 0 Å². The van der Waals surface area contributed by atoms with Crippen molar-refractivity contribution in [3.05, 3.63) is 11.1 Å². The molecule has 0 spiro atoms. The van der Waals surface area contributed by atoms with Crippen molar-refractivity contribution in [3.8, 4) is 0 Å². The summed E-state index contributed by atoms with van der Waals surface area (Å²) in [6.07, 6.45) is 0.663. The van der Waals surface area contributed by atoms with Gasteiger partial charge in [0.2, 0.25) is 0 Å². The van der Waals surface area contributed by atoms with Crippen LogP contribution in [0.15, 0.2) is 11.1 Å². The highest BCUT2D eigenvalue weighted by molar-refractivity contribution is 8.13. The second kappa shape index (κ2) is 2.56. The molecule has 1 nitrogen and oxygen atoms in total. The molecule has 1 aliphatic rings. The van der Waals surface area contributed by atoms with Crippen LogP contribution in [0.4, 0.5) is 0 Å². The fourth-order valence-electron chi connectivity index (χ4n) is 0.730. The first-order valence-electron chi connectivity index (χ1n) is 3.01. The van der Waals surface area contributed by atoms with E-state index in [1.807, 2.05) is 6.92 Å². The zero-order valence-corrected chi connectivity index (χ0v) is 6.55. The first-order chi connectivity index (χ1) is 4.20. The third-order valence-electron chi connectivity index (χ3n) is 1.59. The van der Waals surface area contributed by atoms with Crippen LogP contribution >= 0.6 is 11.8 Å². The van der Waals surface area contributed by atoms with Gasteiger partial charge < -0.3 is 0 Å². The third-order valence-corrected chi connectivity index (χ3v) is 2.63. The molecule has 0 bridgehead atoms. The van der Waals surface area contributed by atoms with Crippen LogP contribution in [0.25, 0.3) is 0 Å². The van der Waals surface area contributed by atoms with E-state index in [-0.39, 0.29) is 0 Å². The molecular weight excluding hydrogens is 132 g/mol. The van der Waals surface area contributed by atoms with Crippen LogP contribution < -0.4 is 0 Å². The van der Waals surface area contributed by atoms with Gasteiger partial charge in [0.05, 0.1) is 0 Å². The van der Waals surface area contributed by atoms with Crippen LogP contribution in [0, 0.1) is 0 Å². The summed E-state index contributed by atoms with van der Waals surface area (Å²) in [6.45, 7) is 4.13. The Morgan fingerprint density at radius 2 is 2.00 bits per heavy atom. The predicted molar refractivity (Wildman–Crippen MR) is 40.5 cm³/mol. The summed E-state index contributed by atoms with van der Waals surface area (Å²) in [4.78, 5) is 10.7. The van der Waals surface area contributed by atoms with Gasteiger partial charge >= 0.3 is 0 Å². The smallest absolute Gasteiger partial charge is 0.193 e. The lowest BCUT2D eigenvalue weighted by molar-refractivity contribution is -0.110. The van der Waals surface area contributed by atoms with Gasteiger partial charge in [0.15, 0.2) is 5.12 Å². The summed E-state index contributed by atoms with van der Waals surface area (Å²) in [5.41, 5.74) is 2.64. The first kappa shape index (κ1) is 6.87. The fourth-order valence-corrected chi connectivity index (χ4v) is 1.67. The van der Waals surface area contributed by atoms with E-state index in [9.17, 15) is 4.79 Å². The summed E-state index contributed by atoms with van der Waals surface area (Å²) in [5.74, 6) is 0.907. The minimum absolute atomic E-state index is 0.318. The van der Waals surface area contributed by atoms with Crippen LogP contribution in [-0.2, 0) is 4.79 Å². The third kappa shape index (κ3) is 1.58. The molecule has 0 atom stereocenters. The van der Waals surface area contributed by atoms with E-state index in [0.29, 0.717) is 11.5 Å². The van der Waals surface area contributed by atoms with Crippen molar-refractivity contribution in [2.24, 2.45) is 0 Å². The quantitative estimate of drug-likeness (QED) is 0.481. The second-order valence-corrected chi connectivity index (χ2v) is 3.43. The van der Waals surface area contributed by atoms with Gasteiger partial charge in [0, 0.05) is 12.2 Å². The van der Waals surface area contributed by atoms with E-state index in [1.54, 1.807) is 0 Å². The highest BCUT2D eigenvalue weighted by Gasteiger charge is 2.11. The van der Waals surface area contributed by atoms with Crippen molar-refractivity contribution >= 4 is 16.9 Å². The molecule has 0 radical (unpaired) electrons. The minimum atomic E-state index is 0.318. The number of carbonyl (C=O) groups excluding carboxylic acids is 1. The minimum Gasteiger partial charge on any atom is -0.287 e. The predicted octanol–water partition coefficient (Wildman–Crippen LogP) is 1.99. The van der Waals surface area contributed by atoms with Crippen LogP contribution in [0.1, 0.15) is 20.3 Å². The Kier molecular flexibility index (Phi) is 1.96. The van der Waals surface area contributed by atoms with Gasteiger partial charge in [-0.25, -0.2) is 0 Å². The molecule has 50 valence electrons. The van der Waals surface area contributed by atoms with Crippen LogP contribution in [0.5, 0.6) is 0 Å². The van der Waals surface area contributed by atoms with Gasteiger partial charge in [-0.05, 0) is 13.8 Å². The SMILES string of the molecule is CC1=C(C)CC(=O)SC1. The van der Waals surface area contributed by atoms with Gasteiger partial charge in [0.1, 0.15) is 0 Å². The number of hydrogen-bond acceptors (Lipinski definition) is 2. The standard InChI is InChI=1S/C7H10OS/c1-5-3-7(8)9-4-6(5)2/h3-4H2,1-2H3. The highest BCUT2D eigenvalue weighted by Crippen LogP contribution is 2.23. The van der Waals surface area contributed by atoms with Gasteiger partial charge in [-0.2, -0.15) is 0 Å². The molecule has 1 rings (SSSR count). The number of carbonyl (C=O) groups is 1. The number of hydrogen-bond donors (Lipinski definition) is 0. The average molecular weight is 142 g/mol. The maximum absolute atomic E-state index is 10.7. The van der Waals surface area contributed by atoms with Crippen LogP contribution in [0.2, 0.25) is 0 Å². The van der Waals surface area contributed by atoms with Gasteiger partial charge in [-0.1, -0.05) is 22.9 Å². The zero-order chi connectivity index (χ0) is 6.85. The summed E-state index contributed by atoms with van der Waals surface area (Å²) in [7, 11) is 0. The highest BCUT2D eigenvalue weighted by atomic mass is 32.2. The molecule has 0 aromatic carbocycles. The average Bonchev–Trinajstić information content (AvgIpc) is 1.80. The van der Waals surface area contributed by atoms with Crippen molar-refractivity contribution < 1.29 is 4.79 Å². The monoisotopic (exact) mass is 142 g/mol. The number of rotatable bonds is 0. The summed E-state index contributed by atoms with van der Waals surface area (Å²) >= 11 is 1.43. The molecular formula is C7H10OS. The Morgan fingerprint density at radius 1 is 1.33 bits per heavy atom. The Labute approximate surface area is 59.5 Å². The molecule has 2 heteroatoms. The summed E-state index contributed by atoms with van der Waals surface area (Å²) in [5, 5.41) is 0.318. The number of allylic oxidation sites excluding steroid dienone is 1. The molecule has 0 amide bonds. The first-order valence-corrected chi connectivity index (χ1v) is 3.99. The lowest BCUT2D eigenvalue weighted by Crippen LogP contribution is -2.03. The number of thioether (sulfide) groups is 1. The maximum atomic E-state index is 10.7. The Morgan fingerprint density at radius 3 is 2.44 bits per heavy atom. The Balaban J connectivity index is 2.72. The topological polar surface area (TPSA) is 17.1 Å². The second-order valence-electron chi connectivity index (χ2n) is 2.40. The van der Waals surface area contributed by atoms with Gasteiger partial charge in [-0.15, -0.1) is 0 Å². The van der Waals surface area contributed by atoms with Crippen molar-refractivity contribution in [2.45, 2.75) is 20.3 Å². The lowest BCUT2D eigenvalue weighted by atomic mass is 10.1. The largest absolute Gasteiger partial charge is 0.287 e. The fraction of sp³-hybridized carbons (Fsp3) is 0.571. The molecule has 0 N–H and O–H groups in total. The van der Waals surface area contributed by atoms with Crippen LogP contribution in [0.3, 0.4) is 0 Å². The molecule has 0 fully saturated rings. The van der Waals surface area contributed by atoms with Crippen LogP contribution in [-0.4, -0.2) is 10.9 Å². The lowest BCUT2D eigenvalue weighted by Gasteiger charge is -2.11. The summed E-state index contributed by atoms with van der Waals surface area (Å²) in [6, 6.07) is 0. The van der Waals surface area contributed by atoms with Gasteiger partial charge in [-0.3, -0.25) is 4.79 Å².